The van der Waals surface area contributed by atoms with Gasteiger partial charge in [0.25, 0.3) is 5.88 Å². The van der Waals surface area contributed by atoms with Crippen LogP contribution in [0.25, 0.3) is 4.90 Å². The molecule has 132 valence electrons. The maximum Gasteiger partial charge on any atom is 0.271 e. The predicted octanol–water partition coefficient (Wildman–Crippen LogP) is 5.48. The van der Waals surface area contributed by atoms with Gasteiger partial charge in [-0.2, -0.15) is 0 Å². The van der Waals surface area contributed by atoms with E-state index in [2.05, 4.69) is 9.59 Å². The summed E-state index contributed by atoms with van der Waals surface area (Å²) in [6.45, 7) is 0. The summed E-state index contributed by atoms with van der Waals surface area (Å²) in [4.78, 5) is 2.22. The Kier molecular flexibility index (Phi) is 5.39. The number of nitrogens with two attached hydrogens (primary N) is 1. The van der Waals surface area contributed by atoms with Crippen LogP contribution in [0, 0.1) is 0 Å². The van der Waals surface area contributed by atoms with Gasteiger partial charge in [-0.15, -0.1) is 0 Å². The summed E-state index contributed by atoms with van der Waals surface area (Å²) in [6.07, 6.45) is 0. The van der Waals surface area contributed by atoms with E-state index in [4.69, 9.17) is 50.1 Å². The number of ether oxygens (including phenoxy) is 2. The maximum atomic E-state index is 6.17. The third kappa shape index (κ3) is 4.01. The first-order valence-electron chi connectivity index (χ1n) is 6.96. The van der Waals surface area contributed by atoms with E-state index in [0.717, 1.165) is 10.6 Å². The molecule has 0 saturated heterocycles. The van der Waals surface area contributed by atoms with Gasteiger partial charge >= 0.3 is 0 Å². The van der Waals surface area contributed by atoms with Gasteiger partial charge < -0.3 is 15.3 Å². The summed E-state index contributed by atoms with van der Waals surface area (Å²) in [5.74, 6) is 7.39. The topological polar surface area (TPSA) is 81.0 Å². The zero-order chi connectivity index (χ0) is 18.0. The van der Waals surface area contributed by atoms with E-state index in [0.29, 0.717) is 16.7 Å². The second kappa shape index (κ2) is 7.53. The van der Waals surface area contributed by atoms with Gasteiger partial charge in [0.15, 0.2) is 0 Å². The predicted molar refractivity (Wildman–Crippen MR) is 103 cm³/mol. The molecule has 2 aromatic carbocycles. The lowest BCUT2D eigenvalue weighted by Gasteiger charge is -2.09. The minimum Gasteiger partial charge on any atom is -0.497 e. The second-order valence-corrected chi connectivity index (χ2v) is 7.57. The summed E-state index contributed by atoms with van der Waals surface area (Å²) >= 11 is 18.1. The Morgan fingerprint density at radius 1 is 1.04 bits per heavy atom. The molecule has 25 heavy (non-hydrogen) atoms. The van der Waals surface area contributed by atoms with Crippen LogP contribution in [0.15, 0.2) is 41.8 Å². The first-order chi connectivity index (χ1) is 12.0. The SMILES string of the molecule is COc1ccc(-[s+]2cc(Oc3ccc(Cl)c(Cl)c3Cl)[nH]n(N)[nH]2)cc1. The van der Waals surface area contributed by atoms with E-state index in [1.54, 1.807) is 19.2 Å². The molecule has 4 N–H and O–H groups in total. The molecule has 0 fully saturated rings. The summed E-state index contributed by atoms with van der Waals surface area (Å²) < 4.78 is 14.0. The summed E-state index contributed by atoms with van der Waals surface area (Å²) in [6, 6.07) is 10.9. The number of H-pyrrole nitrogens is 2. The van der Waals surface area contributed by atoms with Crippen molar-refractivity contribution in [1.29, 1.82) is 0 Å². The molecule has 1 heterocycles. The van der Waals surface area contributed by atoms with Crippen LogP contribution in [0.1, 0.15) is 0 Å². The van der Waals surface area contributed by atoms with Crippen molar-refractivity contribution < 1.29 is 9.47 Å². The zero-order valence-corrected chi connectivity index (χ0v) is 16.0. The molecule has 0 spiro atoms. The highest BCUT2D eigenvalue weighted by atomic mass is 35.5. The van der Waals surface area contributed by atoms with Crippen molar-refractivity contribution in [2.24, 2.45) is 0 Å². The highest BCUT2D eigenvalue weighted by Gasteiger charge is 2.16. The number of methoxy groups -OCH3 is 1. The molecule has 0 aliphatic rings. The van der Waals surface area contributed by atoms with Crippen LogP contribution in [0.3, 0.4) is 0 Å². The zero-order valence-electron chi connectivity index (χ0n) is 12.9. The number of hydrogen-bond donors (Lipinski definition) is 3. The van der Waals surface area contributed by atoms with E-state index in [9.17, 15) is 0 Å². The van der Waals surface area contributed by atoms with E-state index in [-0.39, 0.29) is 10.0 Å². The summed E-state index contributed by atoms with van der Waals surface area (Å²) in [5, 5.41) is 5.49. The van der Waals surface area contributed by atoms with Gasteiger partial charge in [-0.3, -0.25) is 0 Å². The molecule has 0 amide bonds. The van der Waals surface area contributed by atoms with Gasteiger partial charge in [0, 0.05) is 12.1 Å². The normalized spacial score (nSPS) is 11.3. The molecule has 1 atom stereocenters. The number of hydrogen-bond acceptors (Lipinski definition) is 3. The number of benzene rings is 2. The molecule has 1 unspecified atom stereocenters. The lowest BCUT2D eigenvalue weighted by Crippen LogP contribution is -2.16. The van der Waals surface area contributed by atoms with Gasteiger partial charge in [-0.25, -0.2) is 5.10 Å². The second-order valence-electron chi connectivity index (χ2n) is 4.84. The number of halogens is 3. The monoisotopic (exact) mass is 419 g/mol. The number of nitrogens with zero attached hydrogens (tertiary/aromatic N) is 1. The van der Waals surface area contributed by atoms with E-state index in [1.807, 2.05) is 29.6 Å². The van der Waals surface area contributed by atoms with Crippen molar-refractivity contribution in [3.63, 3.8) is 0 Å². The minimum absolute atomic E-state index is 0.225. The van der Waals surface area contributed by atoms with E-state index < -0.39 is 10.7 Å². The smallest absolute Gasteiger partial charge is 0.271 e. The first-order valence-corrected chi connectivity index (χ1v) is 9.38. The average Bonchev–Trinajstić information content (AvgIpc) is 2.62. The number of nitrogen functional groups attached to an aromatic ring is 1. The molecule has 0 radical (unpaired) electrons. The van der Waals surface area contributed by atoms with Crippen molar-refractivity contribution in [1.82, 2.24) is 14.5 Å². The molecule has 3 aromatic rings. The van der Waals surface area contributed by atoms with Gasteiger partial charge in [0.1, 0.15) is 27.2 Å². The van der Waals surface area contributed by atoms with Crippen LogP contribution in [0.5, 0.6) is 17.4 Å². The maximum absolute atomic E-state index is 6.17. The van der Waals surface area contributed by atoms with Crippen LogP contribution >= 0.6 is 45.5 Å². The highest BCUT2D eigenvalue weighted by Crippen LogP contribution is 2.39. The molecule has 0 bridgehead atoms. The fraction of sp³-hybridized carbons (Fsp3) is 0.0667. The molecule has 0 aliphatic heterocycles. The van der Waals surface area contributed by atoms with Crippen molar-refractivity contribution in [3.05, 3.63) is 56.8 Å². The van der Waals surface area contributed by atoms with Crippen LogP contribution in [0.4, 0.5) is 0 Å². The molecule has 0 saturated carbocycles. The molecule has 1 aromatic heterocycles. The van der Waals surface area contributed by atoms with Gasteiger partial charge in [-0.05, 0) is 24.3 Å². The average molecular weight is 421 g/mol. The lowest BCUT2D eigenvalue weighted by molar-refractivity contribution is 0.415. The standard InChI is InChI=1S/C15H14Cl3N4O2S/c1-23-9-2-4-10(5-3-9)25-8-13(20-22(19)21-25)24-12-7-6-11(16)14(17)15(12)18/h2-8,20-21H,19H2,1H3/q+1. The lowest BCUT2D eigenvalue weighted by atomic mass is 10.3. The Morgan fingerprint density at radius 2 is 1.76 bits per heavy atom. The Morgan fingerprint density at radius 3 is 2.44 bits per heavy atom. The van der Waals surface area contributed by atoms with Crippen LogP contribution in [-0.4, -0.2) is 21.6 Å². The summed E-state index contributed by atoms with van der Waals surface area (Å²) in [7, 11) is 1.09. The van der Waals surface area contributed by atoms with Gasteiger partial charge in [0.2, 0.25) is 10.3 Å². The molecule has 3 rings (SSSR count). The number of rotatable bonds is 4. The molecular weight excluding hydrogens is 407 g/mol. The van der Waals surface area contributed by atoms with Gasteiger partial charge in [0.05, 0.1) is 17.2 Å². The Balaban J connectivity index is 1.95. The number of nitrogens with one attached hydrogen (secondary N) is 2. The van der Waals surface area contributed by atoms with E-state index >= 15 is 0 Å². The molecule has 0 aliphatic carbocycles. The number of aromatic nitrogens is 3. The van der Waals surface area contributed by atoms with Crippen LogP contribution in [0.2, 0.25) is 15.1 Å². The van der Waals surface area contributed by atoms with Crippen molar-refractivity contribution >= 4 is 45.5 Å². The highest BCUT2D eigenvalue weighted by molar-refractivity contribution is 7.33. The van der Waals surface area contributed by atoms with Crippen molar-refractivity contribution in [3.8, 4) is 22.3 Å². The Bertz CT molecular complexity index is 925. The quantitative estimate of drug-likeness (QED) is 0.297. The molecule has 10 heteroatoms. The number of aromatic amines is 2. The fourth-order valence-corrected chi connectivity index (χ4v) is 3.86. The minimum atomic E-state index is -0.525. The summed E-state index contributed by atoms with van der Waals surface area (Å²) in [5.41, 5.74) is 0. The van der Waals surface area contributed by atoms with Crippen molar-refractivity contribution in [2.75, 3.05) is 13.0 Å². The Labute approximate surface area is 161 Å². The fourth-order valence-electron chi connectivity index (χ4n) is 2.00. The first kappa shape index (κ1) is 17.9. The van der Waals surface area contributed by atoms with Crippen LogP contribution in [-0.2, 0) is 0 Å². The largest absolute Gasteiger partial charge is 0.497 e. The molecular formula is C15H14Cl3N4O2S+. The van der Waals surface area contributed by atoms with Crippen molar-refractivity contribution in [2.45, 2.75) is 0 Å². The molecule has 6 nitrogen and oxygen atoms in total. The van der Waals surface area contributed by atoms with Gasteiger partial charge in [-0.1, -0.05) is 44.2 Å². The van der Waals surface area contributed by atoms with E-state index in [1.165, 1.54) is 4.91 Å². The third-order valence-corrected chi connectivity index (χ3v) is 6.08. The Hall–Kier alpha value is -1.93. The third-order valence-electron chi connectivity index (χ3n) is 3.19. The van der Waals surface area contributed by atoms with Crippen LogP contribution < -0.4 is 15.3 Å².